The third kappa shape index (κ3) is 4.84. The van der Waals surface area contributed by atoms with Crippen molar-refractivity contribution < 1.29 is 8.78 Å². The first-order valence-electron chi connectivity index (χ1n) is 7.50. The van der Waals surface area contributed by atoms with E-state index in [4.69, 9.17) is 11.6 Å². The smallest absolute Gasteiger partial charge is 0.249 e. The second kappa shape index (κ2) is 7.85. The van der Waals surface area contributed by atoms with E-state index >= 15 is 0 Å². The summed E-state index contributed by atoms with van der Waals surface area (Å²) in [4.78, 5) is 4.20. The molecule has 3 rings (SSSR count). The van der Waals surface area contributed by atoms with E-state index in [0.29, 0.717) is 17.4 Å². The molecule has 0 amide bonds. The van der Waals surface area contributed by atoms with E-state index in [1.54, 1.807) is 0 Å². The summed E-state index contributed by atoms with van der Waals surface area (Å²) in [5, 5.41) is 14.1. The van der Waals surface area contributed by atoms with Gasteiger partial charge >= 0.3 is 0 Å². The van der Waals surface area contributed by atoms with Crippen LogP contribution in [0.1, 0.15) is 5.56 Å². The molecule has 0 spiro atoms. The summed E-state index contributed by atoms with van der Waals surface area (Å²) in [6, 6.07) is 10.8. The monoisotopic (exact) mass is 361 g/mol. The lowest BCUT2D eigenvalue weighted by atomic mass is 10.1. The molecule has 0 aliphatic heterocycles. The van der Waals surface area contributed by atoms with Crippen molar-refractivity contribution in [1.29, 1.82) is 0 Å². The molecule has 1 heterocycles. The van der Waals surface area contributed by atoms with Gasteiger partial charge in [-0.3, -0.25) is 0 Å². The lowest BCUT2D eigenvalue weighted by molar-refractivity contribution is 0.586. The Balaban J connectivity index is 1.60. The summed E-state index contributed by atoms with van der Waals surface area (Å²) in [5.41, 5.74) is 1.20. The molecule has 0 atom stereocenters. The van der Waals surface area contributed by atoms with Crippen molar-refractivity contribution in [3.8, 4) is 0 Å². The molecule has 0 aliphatic rings. The van der Waals surface area contributed by atoms with Gasteiger partial charge in [0.15, 0.2) is 5.82 Å². The average Bonchev–Trinajstić information content (AvgIpc) is 2.60. The first-order chi connectivity index (χ1) is 12.1. The predicted octanol–water partition coefficient (Wildman–Crippen LogP) is 4.20. The topological polar surface area (TPSA) is 62.7 Å². The number of nitrogens with zero attached hydrogens (tertiary/aromatic N) is 3. The number of benzene rings is 2. The minimum absolute atomic E-state index is 0.0708. The van der Waals surface area contributed by atoms with Gasteiger partial charge in [0.25, 0.3) is 0 Å². The summed E-state index contributed by atoms with van der Waals surface area (Å²) in [6.07, 6.45) is 2.24. The van der Waals surface area contributed by atoms with Crippen molar-refractivity contribution in [3.05, 3.63) is 70.9 Å². The molecule has 8 heteroatoms. The normalized spacial score (nSPS) is 10.5. The Kier molecular flexibility index (Phi) is 5.35. The van der Waals surface area contributed by atoms with Crippen molar-refractivity contribution in [2.24, 2.45) is 0 Å². The Labute approximate surface area is 148 Å². The van der Waals surface area contributed by atoms with Crippen LogP contribution in [0.25, 0.3) is 0 Å². The highest BCUT2D eigenvalue weighted by molar-refractivity contribution is 6.30. The van der Waals surface area contributed by atoms with E-state index in [1.807, 2.05) is 24.3 Å². The van der Waals surface area contributed by atoms with Crippen LogP contribution in [0.3, 0.4) is 0 Å². The maximum absolute atomic E-state index is 13.7. The maximum Gasteiger partial charge on any atom is 0.249 e. The fourth-order valence-electron chi connectivity index (χ4n) is 2.14. The minimum Gasteiger partial charge on any atom is -0.368 e. The van der Waals surface area contributed by atoms with Crippen molar-refractivity contribution >= 4 is 29.1 Å². The van der Waals surface area contributed by atoms with Gasteiger partial charge in [0, 0.05) is 17.6 Å². The molecule has 5 nitrogen and oxygen atoms in total. The van der Waals surface area contributed by atoms with Gasteiger partial charge in [-0.05, 0) is 36.2 Å². The molecule has 0 saturated heterocycles. The third-order valence-electron chi connectivity index (χ3n) is 3.37. The molecule has 3 aromatic rings. The summed E-state index contributed by atoms with van der Waals surface area (Å²) in [5.74, 6) is -0.777. The number of hydrogen-bond donors (Lipinski definition) is 2. The second-order valence-corrected chi connectivity index (χ2v) is 5.65. The minimum atomic E-state index is -0.732. The molecular weight excluding hydrogens is 348 g/mol. The molecule has 0 aliphatic carbocycles. The first-order valence-corrected chi connectivity index (χ1v) is 7.88. The van der Waals surface area contributed by atoms with Gasteiger partial charge in [-0.15, -0.1) is 5.10 Å². The van der Waals surface area contributed by atoms with Crippen LogP contribution >= 0.6 is 11.6 Å². The Morgan fingerprint density at radius 2 is 1.84 bits per heavy atom. The van der Waals surface area contributed by atoms with E-state index < -0.39 is 11.6 Å². The number of hydrogen-bond acceptors (Lipinski definition) is 5. The van der Waals surface area contributed by atoms with Crippen LogP contribution in [-0.2, 0) is 6.42 Å². The van der Waals surface area contributed by atoms with Crippen molar-refractivity contribution in [2.45, 2.75) is 6.42 Å². The fraction of sp³-hybridized carbons (Fsp3) is 0.118. The third-order valence-corrected chi connectivity index (χ3v) is 3.62. The number of aromatic nitrogens is 3. The SMILES string of the molecule is Fc1ccc(Nc2nncc(NCCc3ccc(Cl)cc3)n2)c(F)c1. The lowest BCUT2D eigenvalue weighted by Crippen LogP contribution is -2.09. The summed E-state index contributed by atoms with van der Waals surface area (Å²) < 4.78 is 26.6. The average molecular weight is 362 g/mol. The van der Waals surface area contributed by atoms with E-state index in [9.17, 15) is 8.78 Å². The standard InChI is InChI=1S/C17H14ClF2N5/c18-12-3-1-11(2-4-12)7-8-21-16-10-22-25-17(24-16)23-15-6-5-13(19)9-14(15)20/h1-6,9-10H,7-8H2,(H2,21,23,24,25). The van der Waals surface area contributed by atoms with Crippen LogP contribution in [0.5, 0.6) is 0 Å². The van der Waals surface area contributed by atoms with Crippen LogP contribution in [-0.4, -0.2) is 21.7 Å². The highest BCUT2D eigenvalue weighted by Gasteiger charge is 2.07. The van der Waals surface area contributed by atoms with Gasteiger partial charge in [-0.2, -0.15) is 10.1 Å². The van der Waals surface area contributed by atoms with Crippen LogP contribution < -0.4 is 10.6 Å². The quantitative estimate of drug-likeness (QED) is 0.689. The van der Waals surface area contributed by atoms with E-state index in [0.717, 1.165) is 24.1 Å². The van der Waals surface area contributed by atoms with Gasteiger partial charge in [-0.25, -0.2) is 8.78 Å². The van der Waals surface area contributed by atoms with Gasteiger partial charge in [0.2, 0.25) is 5.95 Å². The number of nitrogens with one attached hydrogen (secondary N) is 2. The van der Waals surface area contributed by atoms with Crippen LogP contribution in [0.15, 0.2) is 48.7 Å². The maximum atomic E-state index is 13.7. The summed E-state index contributed by atoms with van der Waals surface area (Å²) >= 11 is 5.85. The van der Waals surface area contributed by atoms with Gasteiger partial charge in [-0.1, -0.05) is 23.7 Å². The van der Waals surface area contributed by atoms with Crippen LogP contribution in [0, 0.1) is 11.6 Å². The van der Waals surface area contributed by atoms with Gasteiger partial charge < -0.3 is 10.6 Å². The Hall–Kier alpha value is -2.80. The Morgan fingerprint density at radius 3 is 2.60 bits per heavy atom. The van der Waals surface area contributed by atoms with Crippen LogP contribution in [0.2, 0.25) is 5.02 Å². The fourth-order valence-corrected chi connectivity index (χ4v) is 2.26. The predicted molar refractivity (Wildman–Crippen MR) is 93.1 cm³/mol. The Bertz CT molecular complexity index is 858. The second-order valence-electron chi connectivity index (χ2n) is 5.22. The van der Waals surface area contributed by atoms with Crippen LogP contribution in [0.4, 0.5) is 26.2 Å². The summed E-state index contributed by atoms with van der Waals surface area (Å²) in [6.45, 7) is 0.630. The summed E-state index contributed by atoms with van der Waals surface area (Å²) in [7, 11) is 0. The zero-order chi connectivity index (χ0) is 17.6. The van der Waals surface area contributed by atoms with E-state index in [2.05, 4.69) is 25.8 Å². The lowest BCUT2D eigenvalue weighted by Gasteiger charge is -2.08. The zero-order valence-corrected chi connectivity index (χ0v) is 13.8. The highest BCUT2D eigenvalue weighted by Crippen LogP contribution is 2.18. The molecule has 2 aromatic carbocycles. The first kappa shape index (κ1) is 17.0. The molecule has 2 N–H and O–H groups in total. The molecule has 1 aromatic heterocycles. The highest BCUT2D eigenvalue weighted by atomic mass is 35.5. The molecule has 0 bridgehead atoms. The van der Waals surface area contributed by atoms with Gasteiger partial charge in [0.05, 0.1) is 11.9 Å². The zero-order valence-electron chi connectivity index (χ0n) is 13.0. The molecule has 0 saturated carbocycles. The molecule has 0 radical (unpaired) electrons. The van der Waals surface area contributed by atoms with Crippen molar-refractivity contribution in [1.82, 2.24) is 15.2 Å². The number of rotatable bonds is 6. The molecule has 0 unspecified atom stereocenters. The van der Waals surface area contributed by atoms with Crippen molar-refractivity contribution in [3.63, 3.8) is 0 Å². The largest absolute Gasteiger partial charge is 0.368 e. The van der Waals surface area contributed by atoms with E-state index in [-0.39, 0.29) is 11.6 Å². The van der Waals surface area contributed by atoms with E-state index in [1.165, 1.54) is 12.3 Å². The molecule has 25 heavy (non-hydrogen) atoms. The van der Waals surface area contributed by atoms with Gasteiger partial charge in [0.1, 0.15) is 11.6 Å². The molecule has 128 valence electrons. The molecule has 0 fully saturated rings. The van der Waals surface area contributed by atoms with Crippen molar-refractivity contribution in [2.75, 3.05) is 17.2 Å². The Morgan fingerprint density at radius 1 is 1.04 bits per heavy atom. The number of anilines is 3. The molecular formula is C17H14ClF2N5. The number of halogens is 3.